The van der Waals surface area contributed by atoms with E-state index in [1.807, 2.05) is 42.5 Å². The highest BCUT2D eigenvalue weighted by molar-refractivity contribution is 6.30. The quantitative estimate of drug-likeness (QED) is 0.271. The van der Waals surface area contributed by atoms with Crippen molar-refractivity contribution >= 4 is 28.5 Å². The standard InChI is InChI=1S/C27H22ClN5O2/c28-20-11-8-18(9-12-20)25-27(35-21-5-2-1-3-6-21)33-22-13-10-19(17-23(22)32-25)26(34)31-14-4-7-24-29-15-16-30-24/h1-3,5-6,8-13,15-17H,4,7,14H2,(H,29,30)(H,31,34). The third kappa shape index (κ3) is 5.47. The predicted octanol–water partition coefficient (Wildman–Crippen LogP) is 5.83. The Hall–Kier alpha value is -4.23. The molecule has 2 aromatic heterocycles. The molecule has 0 spiro atoms. The summed E-state index contributed by atoms with van der Waals surface area (Å²) in [5.74, 6) is 1.78. The van der Waals surface area contributed by atoms with Gasteiger partial charge in [0.25, 0.3) is 5.91 Å². The monoisotopic (exact) mass is 483 g/mol. The number of aromatic nitrogens is 4. The number of aryl methyl sites for hydroxylation is 1. The first-order valence-electron chi connectivity index (χ1n) is 11.2. The van der Waals surface area contributed by atoms with Gasteiger partial charge in [-0.15, -0.1) is 0 Å². The van der Waals surface area contributed by atoms with Gasteiger partial charge in [-0.05, 0) is 48.9 Å². The number of H-pyrrole nitrogens is 1. The number of imidazole rings is 1. The van der Waals surface area contributed by atoms with E-state index in [0.29, 0.717) is 45.5 Å². The Balaban J connectivity index is 1.41. The fourth-order valence-corrected chi connectivity index (χ4v) is 3.77. The number of amides is 1. The molecular weight excluding hydrogens is 462 g/mol. The van der Waals surface area contributed by atoms with Crippen LogP contribution in [0.2, 0.25) is 5.02 Å². The molecule has 35 heavy (non-hydrogen) atoms. The smallest absolute Gasteiger partial charge is 0.251 e. The summed E-state index contributed by atoms with van der Waals surface area (Å²) in [5, 5.41) is 3.58. The Morgan fingerprint density at radius 3 is 2.57 bits per heavy atom. The number of para-hydroxylation sites is 1. The fourth-order valence-electron chi connectivity index (χ4n) is 3.64. The minimum absolute atomic E-state index is 0.161. The molecule has 1 amide bonds. The molecule has 8 heteroatoms. The summed E-state index contributed by atoms with van der Waals surface area (Å²) >= 11 is 6.08. The highest BCUT2D eigenvalue weighted by Crippen LogP contribution is 2.32. The lowest BCUT2D eigenvalue weighted by atomic mass is 10.1. The van der Waals surface area contributed by atoms with Gasteiger partial charge in [0.2, 0.25) is 5.88 Å². The molecule has 3 aromatic carbocycles. The van der Waals surface area contributed by atoms with Gasteiger partial charge in [-0.3, -0.25) is 4.79 Å². The van der Waals surface area contributed by atoms with Crippen LogP contribution in [0.1, 0.15) is 22.6 Å². The first-order chi connectivity index (χ1) is 17.2. The van der Waals surface area contributed by atoms with Crippen molar-refractivity contribution in [3.05, 3.63) is 102 Å². The van der Waals surface area contributed by atoms with Crippen LogP contribution in [0, 0.1) is 0 Å². The highest BCUT2D eigenvalue weighted by Gasteiger charge is 2.15. The molecule has 2 heterocycles. The zero-order valence-corrected chi connectivity index (χ0v) is 19.5. The summed E-state index contributed by atoms with van der Waals surface area (Å²) in [6.45, 7) is 0.545. The van der Waals surface area contributed by atoms with Crippen molar-refractivity contribution in [2.45, 2.75) is 12.8 Å². The average molecular weight is 484 g/mol. The lowest BCUT2D eigenvalue weighted by Gasteiger charge is -2.12. The maximum absolute atomic E-state index is 12.7. The number of carbonyl (C=O) groups is 1. The van der Waals surface area contributed by atoms with Gasteiger partial charge in [-0.2, -0.15) is 0 Å². The van der Waals surface area contributed by atoms with Crippen molar-refractivity contribution < 1.29 is 9.53 Å². The number of ether oxygens (including phenoxy) is 1. The molecule has 5 aromatic rings. The second-order valence-electron chi connectivity index (χ2n) is 7.90. The van der Waals surface area contributed by atoms with E-state index in [0.717, 1.165) is 24.2 Å². The molecule has 0 radical (unpaired) electrons. The molecule has 0 bridgehead atoms. The zero-order chi connectivity index (χ0) is 24.0. The number of nitrogens with one attached hydrogen (secondary N) is 2. The normalized spacial score (nSPS) is 10.9. The first-order valence-corrected chi connectivity index (χ1v) is 11.6. The zero-order valence-electron chi connectivity index (χ0n) is 18.7. The van der Waals surface area contributed by atoms with E-state index in [-0.39, 0.29) is 5.91 Å². The third-order valence-corrected chi connectivity index (χ3v) is 5.65. The van der Waals surface area contributed by atoms with Crippen molar-refractivity contribution in [2.75, 3.05) is 6.54 Å². The number of rotatable bonds is 8. The Morgan fingerprint density at radius 1 is 0.971 bits per heavy atom. The molecule has 2 N–H and O–H groups in total. The second kappa shape index (κ2) is 10.4. The van der Waals surface area contributed by atoms with Crippen LogP contribution in [0.3, 0.4) is 0 Å². The summed E-state index contributed by atoms with van der Waals surface area (Å²) in [6, 6.07) is 22.0. The minimum Gasteiger partial charge on any atom is -0.437 e. The Labute approximate surface area is 207 Å². The Bertz CT molecular complexity index is 1440. The van der Waals surface area contributed by atoms with Crippen LogP contribution >= 0.6 is 11.6 Å². The molecule has 0 atom stereocenters. The van der Waals surface area contributed by atoms with Crippen molar-refractivity contribution in [3.63, 3.8) is 0 Å². The van der Waals surface area contributed by atoms with E-state index in [4.69, 9.17) is 26.3 Å². The number of hydrogen-bond acceptors (Lipinski definition) is 5. The number of carbonyl (C=O) groups excluding carboxylic acids is 1. The van der Waals surface area contributed by atoms with Crippen LogP contribution in [-0.4, -0.2) is 32.4 Å². The topological polar surface area (TPSA) is 92.8 Å². The van der Waals surface area contributed by atoms with Gasteiger partial charge >= 0.3 is 0 Å². The number of benzene rings is 3. The van der Waals surface area contributed by atoms with E-state index in [1.165, 1.54) is 0 Å². The lowest BCUT2D eigenvalue weighted by molar-refractivity contribution is 0.0953. The van der Waals surface area contributed by atoms with E-state index >= 15 is 0 Å². The largest absolute Gasteiger partial charge is 0.437 e. The van der Waals surface area contributed by atoms with E-state index in [9.17, 15) is 4.79 Å². The molecule has 0 saturated heterocycles. The molecule has 0 saturated carbocycles. The van der Waals surface area contributed by atoms with Crippen LogP contribution in [-0.2, 0) is 6.42 Å². The van der Waals surface area contributed by atoms with Gasteiger partial charge < -0.3 is 15.0 Å². The number of hydrogen-bond donors (Lipinski definition) is 2. The summed E-state index contributed by atoms with van der Waals surface area (Å²) in [5.41, 5.74) is 3.11. The van der Waals surface area contributed by atoms with Crippen LogP contribution in [0.5, 0.6) is 11.6 Å². The van der Waals surface area contributed by atoms with E-state index in [2.05, 4.69) is 15.3 Å². The van der Waals surface area contributed by atoms with Gasteiger partial charge in [0.05, 0.1) is 11.0 Å². The van der Waals surface area contributed by atoms with Crippen LogP contribution in [0.4, 0.5) is 0 Å². The molecule has 5 rings (SSSR count). The van der Waals surface area contributed by atoms with Gasteiger partial charge in [0.15, 0.2) is 0 Å². The van der Waals surface area contributed by atoms with Gasteiger partial charge in [-0.1, -0.05) is 41.9 Å². The summed E-state index contributed by atoms with van der Waals surface area (Å²) in [6.07, 6.45) is 5.07. The number of aromatic amines is 1. The van der Waals surface area contributed by atoms with Crippen molar-refractivity contribution in [1.29, 1.82) is 0 Å². The van der Waals surface area contributed by atoms with Crippen LogP contribution in [0.25, 0.3) is 22.3 Å². The molecule has 174 valence electrons. The lowest BCUT2D eigenvalue weighted by Crippen LogP contribution is -2.24. The SMILES string of the molecule is O=C(NCCCc1ncc[nH]1)c1ccc2nc(Oc3ccccc3)c(-c3ccc(Cl)cc3)nc2c1. The Morgan fingerprint density at radius 2 is 1.80 bits per heavy atom. The predicted molar refractivity (Wildman–Crippen MR) is 136 cm³/mol. The van der Waals surface area contributed by atoms with Gasteiger partial charge in [-0.25, -0.2) is 15.0 Å². The first kappa shape index (κ1) is 22.6. The summed E-state index contributed by atoms with van der Waals surface area (Å²) in [4.78, 5) is 29.5. The maximum Gasteiger partial charge on any atom is 0.251 e. The molecule has 7 nitrogen and oxygen atoms in total. The average Bonchev–Trinajstić information content (AvgIpc) is 3.41. The van der Waals surface area contributed by atoms with Crippen molar-refractivity contribution in [3.8, 4) is 22.9 Å². The van der Waals surface area contributed by atoms with Gasteiger partial charge in [0, 0.05) is 41.5 Å². The molecule has 0 aliphatic rings. The van der Waals surface area contributed by atoms with Crippen molar-refractivity contribution in [2.24, 2.45) is 0 Å². The fraction of sp³-hybridized carbons (Fsp3) is 0.111. The number of halogens is 1. The van der Waals surface area contributed by atoms with Crippen molar-refractivity contribution in [1.82, 2.24) is 25.3 Å². The Kier molecular flexibility index (Phi) is 6.68. The highest BCUT2D eigenvalue weighted by atomic mass is 35.5. The molecule has 0 aliphatic heterocycles. The van der Waals surface area contributed by atoms with E-state index in [1.54, 1.807) is 42.7 Å². The van der Waals surface area contributed by atoms with Gasteiger partial charge in [0.1, 0.15) is 17.3 Å². The maximum atomic E-state index is 12.7. The molecular formula is C27H22ClN5O2. The molecule has 0 unspecified atom stereocenters. The summed E-state index contributed by atoms with van der Waals surface area (Å²) < 4.78 is 6.08. The molecule has 0 fully saturated rings. The number of fused-ring (bicyclic) bond motifs is 1. The van der Waals surface area contributed by atoms with Crippen LogP contribution in [0.15, 0.2) is 85.2 Å². The molecule has 0 aliphatic carbocycles. The summed E-state index contributed by atoms with van der Waals surface area (Å²) in [7, 11) is 0. The van der Waals surface area contributed by atoms with Crippen LogP contribution < -0.4 is 10.1 Å². The third-order valence-electron chi connectivity index (χ3n) is 5.40. The second-order valence-corrected chi connectivity index (χ2v) is 8.33. The number of nitrogens with zero attached hydrogens (tertiary/aromatic N) is 3. The minimum atomic E-state index is -0.161. The van der Waals surface area contributed by atoms with E-state index < -0.39 is 0 Å².